The lowest BCUT2D eigenvalue weighted by Gasteiger charge is -2.43. The maximum Gasteiger partial charge on any atom is 0.254 e. The van der Waals surface area contributed by atoms with E-state index >= 15 is 0 Å². The fraction of sp³-hybridized carbons (Fsp3) is 0.846. The molecule has 2 rings (SSSR count). The molecule has 2 heterocycles. The molecule has 1 unspecified atom stereocenters. The summed E-state index contributed by atoms with van der Waals surface area (Å²) in [6.07, 6.45) is -0.484. The lowest BCUT2D eigenvalue weighted by Crippen LogP contribution is -2.61. The van der Waals surface area contributed by atoms with Crippen LogP contribution in [0.2, 0.25) is 0 Å². The summed E-state index contributed by atoms with van der Waals surface area (Å²) >= 11 is 0. The van der Waals surface area contributed by atoms with Crippen molar-refractivity contribution < 1.29 is 19.5 Å². The van der Waals surface area contributed by atoms with Crippen LogP contribution in [0.4, 0.5) is 0 Å². The van der Waals surface area contributed by atoms with Crippen molar-refractivity contribution in [2.75, 3.05) is 46.0 Å². The van der Waals surface area contributed by atoms with E-state index in [9.17, 15) is 4.79 Å². The first-order valence-electron chi connectivity index (χ1n) is 7.18. The number of carbonyl (C=O) groups excluding carboxylic acids is 1. The summed E-state index contributed by atoms with van der Waals surface area (Å²) in [7, 11) is 0. The average molecular weight is 300 g/mol. The molecule has 0 aromatic carbocycles. The van der Waals surface area contributed by atoms with Gasteiger partial charge in [-0.1, -0.05) is 5.16 Å². The Kier molecular flexibility index (Phi) is 5.02. The monoisotopic (exact) mass is 300 g/mol. The largest absolute Gasteiger partial charge is 0.409 e. The van der Waals surface area contributed by atoms with E-state index in [2.05, 4.69) is 10.1 Å². The number of piperazine rings is 1. The lowest BCUT2D eigenvalue weighted by molar-refractivity contribution is -0.159. The van der Waals surface area contributed by atoms with Gasteiger partial charge in [-0.25, -0.2) is 0 Å². The number of amidine groups is 1. The highest BCUT2D eigenvalue weighted by Gasteiger charge is 2.36. The molecule has 2 fully saturated rings. The number of oxime groups is 1. The van der Waals surface area contributed by atoms with Crippen LogP contribution in [0.5, 0.6) is 0 Å². The Hall–Kier alpha value is -1.38. The molecule has 8 nitrogen and oxygen atoms in total. The number of amides is 1. The fourth-order valence-corrected chi connectivity index (χ4v) is 2.60. The van der Waals surface area contributed by atoms with Gasteiger partial charge in [-0.2, -0.15) is 0 Å². The Labute approximate surface area is 124 Å². The summed E-state index contributed by atoms with van der Waals surface area (Å²) in [5, 5.41) is 12.0. The van der Waals surface area contributed by atoms with Crippen molar-refractivity contribution in [2.24, 2.45) is 10.9 Å². The number of carbonyl (C=O) groups is 1. The van der Waals surface area contributed by atoms with E-state index in [4.69, 9.17) is 20.4 Å². The van der Waals surface area contributed by atoms with Crippen molar-refractivity contribution in [2.45, 2.75) is 25.5 Å². The van der Waals surface area contributed by atoms with Crippen LogP contribution in [0.15, 0.2) is 5.16 Å². The van der Waals surface area contributed by atoms with Crippen LogP contribution >= 0.6 is 0 Å². The quantitative estimate of drug-likeness (QED) is 0.302. The van der Waals surface area contributed by atoms with Gasteiger partial charge in [0.1, 0.15) is 0 Å². The molecule has 1 atom stereocenters. The van der Waals surface area contributed by atoms with E-state index in [0.717, 1.165) is 0 Å². The van der Waals surface area contributed by atoms with E-state index in [1.165, 1.54) is 0 Å². The van der Waals surface area contributed by atoms with Crippen molar-refractivity contribution in [1.29, 1.82) is 0 Å². The minimum atomic E-state index is -0.533. The van der Waals surface area contributed by atoms with Gasteiger partial charge in [0.15, 0.2) is 11.9 Å². The Morgan fingerprint density at radius 3 is 2.48 bits per heavy atom. The highest BCUT2D eigenvalue weighted by molar-refractivity contribution is 5.88. The first-order chi connectivity index (χ1) is 9.96. The zero-order valence-electron chi connectivity index (χ0n) is 12.6. The molecule has 0 aromatic rings. The van der Waals surface area contributed by atoms with E-state index in [0.29, 0.717) is 46.0 Å². The molecule has 0 bridgehead atoms. The second kappa shape index (κ2) is 6.59. The topological polar surface area (TPSA) is 101 Å². The summed E-state index contributed by atoms with van der Waals surface area (Å²) in [4.78, 5) is 16.2. The highest BCUT2D eigenvalue weighted by atomic mass is 16.6. The van der Waals surface area contributed by atoms with Gasteiger partial charge >= 0.3 is 0 Å². The number of rotatable bonds is 3. The van der Waals surface area contributed by atoms with Crippen molar-refractivity contribution in [3.63, 3.8) is 0 Å². The summed E-state index contributed by atoms with van der Waals surface area (Å²) in [5.74, 6) is 0.155. The van der Waals surface area contributed by atoms with Gasteiger partial charge in [0.25, 0.3) is 5.91 Å². The molecular formula is C13H24N4O4. The minimum absolute atomic E-state index is 0.0176. The van der Waals surface area contributed by atoms with E-state index < -0.39 is 11.6 Å². The molecule has 0 saturated carbocycles. The van der Waals surface area contributed by atoms with Crippen molar-refractivity contribution in [1.82, 2.24) is 9.80 Å². The minimum Gasteiger partial charge on any atom is -0.409 e. The van der Waals surface area contributed by atoms with Crippen molar-refractivity contribution in [3.05, 3.63) is 0 Å². The van der Waals surface area contributed by atoms with Gasteiger partial charge < -0.3 is 25.3 Å². The van der Waals surface area contributed by atoms with E-state index in [1.807, 2.05) is 13.8 Å². The molecule has 120 valence electrons. The molecule has 0 aliphatic carbocycles. The Bertz CT molecular complexity index is 399. The summed E-state index contributed by atoms with van der Waals surface area (Å²) in [6, 6.07) is 0. The van der Waals surface area contributed by atoms with E-state index in [-0.39, 0.29) is 11.7 Å². The Balaban J connectivity index is 1.89. The normalized spacial score (nSPS) is 25.9. The first kappa shape index (κ1) is 16.0. The van der Waals surface area contributed by atoms with Crippen molar-refractivity contribution >= 4 is 11.7 Å². The number of ether oxygens (including phenoxy) is 2. The summed E-state index contributed by atoms with van der Waals surface area (Å²) in [6.45, 7) is 7.68. The molecule has 2 saturated heterocycles. The maximum absolute atomic E-state index is 12.3. The zero-order chi connectivity index (χ0) is 15.5. The molecule has 1 amide bonds. The molecule has 0 spiro atoms. The van der Waals surface area contributed by atoms with Crippen molar-refractivity contribution in [3.8, 4) is 0 Å². The van der Waals surface area contributed by atoms with Crippen LogP contribution in [-0.4, -0.2) is 84.4 Å². The molecule has 0 aromatic heterocycles. The molecule has 2 aliphatic rings. The maximum atomic E-state index is 12.3. The fourth-order valence-electron chi connectivity index (χ4n) is 2.60. The molecule has 2 aliphatic heterocycles. The second-order valence-corrected chi connectivity index (χ2v) is 5.79. The van der Waals surface area contributed by atoms with Crippen LogP contribution in [0, 0.1) is 0 Å². The standard InChI is InChI=1S/C13H24N4O4/c1-13(2,12(14)15-19)17-5-3-16(4-6-17)11(18)10-9-20-7-8-21-10/h10,19H,3-9H2,1-2H3,(H2,14,15). The third kappa shape index (κ3) is 3.45. The van der Waals surface area contributed by atoms with Gasteiger partial charge in [-0.3, -0.25) is 9.69 Å². The average Bonchev–Trinajstić information content (AvgIpc) is 2.54. The van der Waals surface area contributed by atoms with Crippen LogP contribution in [0.25, 0.3) is 0 Å². The SMILES string of the molecule is CC(C)(C(N)=NO)N1CCN(C(=O)C2COCCO2)CC1. The predicted molar refractivity (Wildman–Crippen MR) is 76.2 cm³/mol. The van der Waals surface area contributed by atoms with Gasteiger partial charge in [-0.05, 0) is 13.8 Å². The van der Waals surface area contributed by atoms with Crippen LogP contribution in [0.1, 0.15) is 13.8 Å². The first-order valence-corrected chi connectivity index (χ1v) is 7.18. The van der Waals surface area contributed by atoms with Gasteiger partial charge in [-0.15, -0.1) is 0 Å². The number of hydrogen-bond acceptors (Lipinski definition) is 6. The smallest absolute Gasteiger partial charge is 0.254 e. The zero-order valence-corrected chi connectivity index (χ0v) is 12.6. The van der Waals surface area contributed by atoms with Gasteiger partial charge in [0, 0.05) is 26.2 Å². The third-order valence-electron chi connectivity index (χ3n) is 4.21. The summed E-state index contributed by atoms with van der Waals surface area (Å²) in [5.41, 5.74) is 5.20. The van der Waals surface area contributed by atoms with E-state index in [1.54, 1.807) is 4.90 Å². The molecule has 8 heteroatoms. The number of hydrogen-bond donors (Lipinski definition) is 2. The van der Waals surface area contributed by atoms with Gasteiger partial charge in [0.05, 0.1) is 25.4 Å². The van der Waals surface area contributed by atoms with Gasteiger partial charge in [0.2, 0.25) is 0 Å². The Morgan fingerprint density at radius 2 is 1.95 bits per heavy atom. The number of nitrogens with zero attached hydrogens (tertiary/aromatic N) is 3. The third-order valence-corrected chi connectivity index (χ3v) is 4.21. The molecule has 0 radical (unpaired) electrons. The molecule has 21 heavy (non-hydrogen) atoms. The molecular weight excluding hydrogens is 276 g/mol. The van der Waals surface area contributed by atoms with Crippen LogP contribution in [0.3, 0.4) is 0 Å². The predicted octanol–water partition coefficient (Wildman–Crippen LogP) is -0.929. The summed E-state index contributed by atoms with van der Waals surface area (Å²) < 4.78 is 10.7. The lowest BCUT2D eigenvalue weighted by atomic mass is 10.00. The number of nitrogens with two attached hydrogens (primary N) is 1. The highest BCUT2D eigenvalue weighted by Crippen LogP contribution is 2.18. The Morgan fingerprint density at radius 1 is 1.29 bits per heavy atom. The van der Waals surface area contributed by atoms with Crippen LogP contribution in [-0.2, 0) is 14.3 Å². The van der Waals surface area contributed by atoms with Crippen LogP contribution < -0.4 is 5.73 Å². The molecule has 3 N–H and O–H groups in total. The second-order valence-electron chi connectivity index (χ2n) is 5.79.